The molecule has 2 aliphatic rings. The van der Waals surface area contributed by atoms with Crippen molar-refractivity contribution in [2.24, 2.45) is 0 Å². The lowest BCUT2D eigenvalue weighted by molar-refractivity contribution is -0.0579. The number of benzene rings is 1. The van der Waals surface area contributed by atoms with Crippen LogP contribution in [0.15, 0.2) is 42.0 Å². The normalized spacial score (nSPS) is 32.3. The van der Waals surface area contributed by atoms with Crippen LogP contribution in [0, 0.1) is 0 Å². The molecule has 3 rings (SSSR count). The van der Waals surface area contributed by atoms with Gasteiger partial charge in [0.25, 0.3) is 5.08 Å². The summed E-state index contributed by atoms with van der Waals surface area (Å²) in [5.74, 6) is 0.00811. The monoisotopic (exact) mass is 518 g/mol. The topological polar surface area (TPSA) is 158 Å². The van der Waals surface area contributed by atoms with Crippen molar-refractivity contribution in [2.45, 2.75) is 57.0 Å². The van der Waals surface area contributed by atoms with E-state index in [9.17, 15) is 28.8 Å². The minimum absolute atomic E-state index is 0.00742. The van der Waals surface area contributed by atoms with Crippen LogP contribution in [0.4, 0.5) is 4.79 Å². The molecule has 3 N–H and O–H groups in total. The van der Waals surface area contributed by atoms with Gasteiger partial charge in [0.2, 0.25) is 6.29 Å². The fourth-order valence-electron chi connectivity index (χ4n) is 3.28. The third kappa shape index (κ3) is 5.47. The van der Waals surface area contributed by atoms with E-state index in [0.717, 1.165) is 19.3 Å². The van der Waals surface area contributed by atoms with Crippen LogP contribution >= 0.6 is 15.2 Å². The summed E-state index contributed by atoms with van der Waals surface area (Å²) in [4.78, 5) is 32.9. The van der Waals surface area contributed by atoms with Crippen molar-refractivity contribution in [2.75, 3.05) is 7.11 Å². The molecule has 188 valence electrons. The molecule has 0 spiro atoms. The van der Waals surface area contributed by atoms with Crippen molar-refractivity contribution in [3.8, 4) is 11.5 Å². The SMILES string of the molecule is CC=CC=C(C)CC1(O)P(=O)(O)OC(c2ccc(OC(=O)OC3CCC3)c(OC)c2)OP1(=O)O. The maximum absolute atomic E-state index is 12.9. The van der Waals surface area contributed by atoms with E-state index in [1.807, 2.05) is 0 Å². The number of aliphatic hydroxyl groups is 1. The van der Waals surface area contributed by atoms with E-state index in [1.54, 1.807) is 19.1 Å². The highest BCUT2D eigenvalue weighted by Crippen LogP contribution is 2.79. The second-order valence-corrected chi connectivity index (χ2v) is 12.3. The summed E-state index contributed by atoms with van der Waals surface area (Å²) in [5.41, 5.74) is 0.370. The number of carbonyl (C=O) groups is 1. The minimum atomic E-state index is -5.10. The summed E-state index contributed by atoms with van der Waals surface area (Å²) in [6.45, 7) is 3.26. The Kier molecular flexibility index (Phi) is 8.10. The molecule has 1 saturated heterocycles. The Morgan fingerprint density at radius 2 is 1.85 bits per heavy atom. The molecule has 0 radical (unpaired) electrons. The van der Waals surface area contributed by atoms with Crippen molar-refractivity contribution in [1.82, 2.24) is 0 Å². The standard InChI is InChI=1S/C21H28O11P2/c1-4-5-7-14(2)13-21(23)33(24,25)31-19(32-34(21,26)27)15-10-11-17(18(12-15)28-3)30-20(22)29-16-8-6-9-16/h4-5,7,10-12,16,19,23H,6,8-9,13H2,1-3H3,(H,24,25)(H,26,27). The lowest BCUT2D eigenvalue weighted by atomic mass is 9.96. The van der Waals surface area contributed by atoms with Crippen LogP contribution in [-0.4, -0.2) is 39.3 Å². The maximum Gasteiger partial charge on any atom is 0.514 e. The number of rotatable bonds is 7. The van der Waals surface area contributed by atoms with Crippen molar-refractivity contribution in [1.29, 1.82) is 0 Å². The summed E-state index contributed by atoms with van der Waals surface area (Å²) in [5, 5.41) is 7.71. The van der Waals surface area contributed by atoms with Gasteiger partial charge in [-0.05, 0) is 51.3 Å². The molecule has 1 aromatic rings. The van der Waals surface area contributed by atoms with Gasteiger partial charge in [-0.25, -0.2) is 4.79 Å². The van der Waals surface area contributed by atoms with Crippen LogP contribution in [0.1, 0.15) is 51.4 Å². The molecule has 0 aromatic heterocycles. The fraction of sp³-hybridized carbons (Fsp3) is 0.476. The summed E-state index contributed by atoms with van der Waals surface area (Å²) >= 11 is 0. The van der Waals surface area contributed by atoms with Crippen molar-refractivity contribution in [3.05, 3.63) is 47.6 Å². The molecule has 1 aromatic carbocycles. The highest BCUT2D eigenvalue weighted by molar-refractivity contribution is 7.73. The van der Waals surface area contributed by atoms with Gasteiger partial charge in [0.15, 0.2) is 11.5 Å². The molecule has 2 unspecified atom stereocenters. The van der Waals surface area contributed by atoms with Gasteiger partial charge in [0.05, 0.1) is 7.11 Å². The van der Waals surface area contributed by atoms with E-state index in [1.165, 1.54) is 38.3 Å². The molecule has 11 nitrogen and oxygen atoms in total. The Morgan fingerprint density at radius 3 is 2.38 bits per heavy atom. The lowest BCUT2D eigenvalue weighted by Crippen LogP contribution is -2.36. The van der Waals surface area contributed by atoms with Gasteiger partial charge in [-0.2, -0.15) is 0 Å². The van der Waals surface area contributed by atoms with Gasteiger partial charge < -0.3 is 29.1 Å². The fourth-order valence-corrected chi connectivity index (χ4v) is 6.99. The van der Waals surface area contributed by atoms with E-state index < -0.39 is 39.1 Å². The van der Waals surface area contributed by atoms with Gasteiger partial charge >= 0.3 is 21.3 Å². The molecule has 13 heteroatoms. The quantitative estimate of drug-likeness (QED) is 0.198. The largest absolute Gasteiger partial charge is 0.514 e. The molecule has 1 heterocycles. The number of hydrogen-bond donors (Lipinski definition) is 3. The molecule has 1 aliphatic carbocycles. The molecular weight excluding hydrogens is 490 g/mol. The zero-order chi connectivity index (χ0) is 25.1. The lowest BCUT2D eigenvalue weighted by Gasteiger charge is -2.41. The smallest absolute Gasteiger partial charge is 0.493 e. The predicted molar refractivity (Wildman–Crippen MR) is 120 cm³/mol. The Balaban J connectivity index is 1.82. The van der Waals surface area contributed by atoms with E-state index in [0.29, 0.717) is 5.57 Å². The van der Waals surface area contributed by atoms with Crippen LogP contribution in [0.2, 0.25) is 0 Å². The molecule has 34 heavy (non-hydrogen) atoms. The molecule has 2 atom stereocenters. The molecule has 0 bridgehead atoms. The summed E-state index contributed by atoms with van der Waals surface area (Å²) in [7, 11) is -8.92. The average molecular weight is 518 g/mol. The average Bonchev–Trinajstić information content (AvgIpc) is 2.73. The minimum Gasteiger partial charge on any atom is -0.493 e. The highest BCUT2D eigenvalue weighted by atomic mass is 31.2. The third-order valence-electron chi connectivity index (χ3n) is 5.44. The van der Waals surface area contributed by atoms with E-state index in [-0.39, 0.29) is 23.2 Å². The number of ether oxygens (including phenoxy) is 3. The number of methoxy groups -OCH3 is 1. The Hall–Kier alpha value is -1.97. The zero-order valence-corrected chi connectivity index (χ0v) is 20.7. The highest BCUT2D eigenvalue weighted by Gasteiger charge is 2.67. The van der Waals surface area contributed by atoms with E-state index in [4.69, 9.17) is 23.3 Å². The van der Waals surface area contributed by atoms with Crippen LogP contribution in [0.5, 0.6) is 11.5 Å². The van der Waals surface area contributed by atoms with Gasteiger partial charge in [-0.3, -0.25) is 18.2 Å². The first-order chi connectivity index (χ1) is 15.9. The number of carbonyl (C=O) groups excluding carboxylic acids is 1. The van der Waals surface area contributed by atoms with Crippen molar-refractivity contribution < 1.29 is 52.1 Å². The second kappa shape index (κ2) is 10.3. The van der Waals surface area contributed by atoms with Crippen molar-refractivity contribution >= 4 is 21.3 Å². The molecule has 2 fully saturated rings. The van der Waals surface area contributed by atoms with Crippen LogP contribution in [0.25, 0.3) is 0 Å². The van der Waals surface area contributed by atoms with Crippen LogP contribution in [0.3, 0.4) is 0 Å². The zero-order valence-electron chi connectivity index (χ0n) is 18.9. The van der Waals surface area contributed by atoms with Gasteiger partial charge in [0.1, 0.15) is 6.10 Å². The summed E-state index contributed by atoms with van der Waals surface area (Å²) < 4.78 is 51.4. The summed E-state index contributed by atoms with van der Waals surface area (Å²) in [6, 6.07) is 3.83. The predicted octanol–water partition coefficient (Wildman–Crippen LogP) is 4.74. The van der Waals surface area contributed by atoms with Gasteiger partial charge in [0, 0.05) is 12.0 Å². The Morgan fingerprint density at radius 1 is 1.21 bits per heavy atom. The van der Waals surface area contributed by atoms with E-state index >= 15 is 0 Å². The van der Waals surface area contributed by atoms with Crippen LogP contribution < -0.4 is 9.47 Å². The van der Waals surface area contributed by atoms with Gasteiger partial charge in [-0.1, -0.05) is 23.8 Å². The number of hydrogen-bond acceptors (Lipinski definition) is 9. The first kappa shape index (κ1) is 26.6. The number of allylic oxidation sites excluding steroid dienone is 3. The van der Waals surface area contributed by atoms with E-state index in [2.05, 4.69) is 0 Å². The molecule has 1 saturated carbocycles. The van der Waals surface area contributed by atoms with Gasteiger partial charge in [-0.15, -0.1) is 0 Å². The third-order valence-corrected chi connectivity index (χ3v) is 10.0. The first-order valence-electron chi connectivity index (χ1n) is 10.5. The van der Waals surface area contributed by atoms with Crippen LogP contribution in [-0.2, 0) is 22.9 Å². The Bertz CT molecular complexity index is 1050. The van der Waals surface area contributed by atoms with Crippen molar-refractivity contribution in [3.63, 3.8) is 0 Å². The second-order valence-electron chi connectivity index (χ2n) is 8.01. The first-order valence-corrected chi connectivity index (χ1v) is 13.7. The molecule has 0 amide bonds. The maximum atomic E-state index is 12.9. The molecule has 1 aliphatic heterocycles. The Labute approximate surface area is 197 Å². The summed E-state index contributed by atoms with van der Waals surface area (Å²) in [6.07, 6.45) is 3.80. The molecular formula is C21H28O11P2.